The van der Waals surface area contributed by atoms with Crippen LogP contribution in [0.25, 0.3) is 0 Å². The highest BCUT2D eigenvalue weighted by molar-refractivity contribution is 9.10. The van der Waals surface area contributed by atoms with E-state index in [4.69, 9.17) is 5.73 Å². The monoisotopic (exact) mass is 362 g/mol. The van der Waals surface area contributed by atoms with Gasteiger partial charge in [-0.2, -0.15) is 0 Å². The number of halogens is 1. The molecule has 0 aliphatic heterocycles. The first-order valence-electron chi connectivity index (χ1n) is 6.66. The second-order valence-corrected chi connectivity index (χ2v) is 8.15. The molecule has 3 N–H and O–H groups in total. The van der Waals surface area contributed by atoms with Crippen LogP contribution in [0.3, 0.4) is 0 Å². The minimum atomic E-state index is -3.56. The maximum atomic E-state index is 12.6. The molecule has 0 amide bonds. The van der Waals surface area contributed by atoms with Crippen LogP contribution >= 0.6 is 15.9 Å². The zero-order valence-corrected chi connectivity index (χ0v) is 14.9. The van der Waals surface area contributed by atoms with E-state index < -0.39 is 15.6 Å². The molecule has 6 heteroatoms. The normalized spacial score (nSPS) is 12.7. The van der Waals surface area contributed by atoms with Crippen molar-refractivity contribution in [3.63, 3.8) is 0 Å². The van der Waals surface area contributed by atoms with E-state index in [1.165, 1.54) is 0 Å². The maximum Gasteiger partial charge on any atom is 0.241 e. The molecule has 0 heterocycles. The molecule has 0 saturated carbocycles. The Kier molecular flexibility index (Phi) is 5.78. The van der Waals surface area contributed by atoms with Gasteiger partial charge in [-0.1, -0.05) is 29.3 Å². The van der Waals surface area contributed by atoms with Crippen LogP contribution in [0.5, 0.6) is 0 Å². The number of nitrogens with one attached hydrogen (secondary N) is 1. The average Bonchev–Trinajstić information content (AvgIpc) is 2.30. The minimum absolute atomic E-state index is 0.288. The summed E-state index contributed by atoms with van der Waals surface area (Å²) in [5, 5.41) is 0. The number of benzene rings is 1. The second kappa shape index (κ2) is 6.56. The van der Waals surface area contributed by atoms with Gasteiger partial charge in [0.25, 0.3) is 0 Å². The van der Waals surface area contributed by atoms with Crippen molar-refractivity contribution in [1.82, 2.24) is 4.72 Å². The maximum absolute atomic E-state index is 12.6. The van der Waals surface area contributed by atoms with E-state index >= 15 is 0 Å². The predicted octanol–water partition coefficient (Wildman–Crippen LogP) is 3.07. The van der Waals surface area contributed by atoms with Crippen LogP contribution in [0.2, 0.25) is 0 Å². The molecular weight excluding hydrogens is 340 g/mol. The van der Waals surface area contributed by atoms with Crippen LogP contribution in [0, 0.1) is 6.92 Å². The first-order chi connectivity index (χ1) is 9.13. The SMILES string of the molecule is CCCC(C)(C)NS(=O)(=O)c1cc(CN)cc(Br)c1C. The first kappa shape index (κ1) is 17.6. The van der Waals surface area contributed by atoms with Gasteiger partial charge in [0, 0.05) is 16.6 Å². The molecule has 0 bridgehead atoms. The Morgan fingerprint density at radius 2 is 1.95 bits per heavy atom. The van der Waals surface area contributed by atoms with Gasteiger partial charge in [0.05, 0.1) is 4.90 Å². The molecule has 1 aromatic rings. The fraction of sp³-hybridized carbons (Fsp3) is 0.571. The summed E-state index contributed by atoms with van der Waals surface area (Å²) in [5.41, 5.74) is 6.64. The molecule has 0 unspecified atom stereocenters. The number of nitrogens with two attached hydrogens (primary N) is 1. The molecule has 0 spiro atoms. The zero-order chi connectivity index (χ0) is 15.6. The highest BCUT2D eigenvalue weighted by Crippen LogP contribution is 2.27. The topological polar surface area (TPSA) is 72.2 Å². The standard InChI is InChI=1S/C14H23BrN2O2S/c1-5-6-14(3,4)17-20(18,19)13-8-11(9-16)7-12(15)10(13)2/h7-8,17H,5-6,9,16H2,1-4H3. The van der Waals surface area contributed by atoms with E-state index in [0.29, 0.717) is 12.1 Å². The predicted molar refractivity (Wildman–Crippen MR) is 86.1 cm³/mol. The van der Waals surface area contributed by atoms with Crippen LogP contribution in [0.1, 0.15) is 44.7 Å². The van der Waals surface area contributed by atoms with Crippen molar-refractivity contribution in [3.05, 3.63) is 27.7 Å². The van der Waals surface area contributed by atoms with E-state index in [0.717, 1.165) is 22.9 Å². The van der Waals surface area contributed by atoms with Gasteiger partial charge in [-0.05, 0) is 50.5 Å². The smallest absolute Gasteiger partial charge is 0.241 e. The number of hydrogen-bond acceptors (Lipinski definition) is 3. The summed E-state index contributed by atoms with van der Waals surface area (Å²) in [5.74, 6) is 0. The van der Waals surface area contributed by atoms with Gasteiger partial charge < -0.3 is 5.73 Å². The van der Waals surface area contributed by atoms with E-state index in [9.17, 15) is 8.42 Å². The van der Waals surface area contributed by atoms with Crippen molar-refractivity contribution < 1.29 is 8.42 Å². The third kappa shape index (κ3) is 4.28. The molecule has 0 aromatic heterocycles. The molecule has 0 radical (unpaired) electrons. The van der Waals surface area contributed by atoms with Crippen LogP contribution in [0.4, 0.5) is 0 Å². The van der Waals surface area contributed by atoms with Crippen molar-refractivity contribution in [2.24, 2.45) is 5.73 Å². The number of hydrogen-bond donors (Lipinski definition) is 2. The highest BCUT2D eigenvalue weighted by atomic mass is 79.9. The van der Waals surface area contributed by atoms with E-state index in [1.807, 2.05) is 26.8 Å². The minimum Gasteiger partial charge on any atom is -0.326 e. The molecule has 0 aliphatic rings. The lowest BCUT2D eigenvalue weighted by atomic mass is 10.0. The molecule has 1 rings (SSSR count). The molecule has 20 heavy (non-hydrogen) atoms. The first-order valence-corrected chi connectivity index (χ1v) is 8.93. The molecular formula is C14H23BrN2O2S. The summed E-state index contributed by atoms with van der Waals surface area (Å²) in [6.07, 6.45) is 1.70. The molecule has 114 valence electrons. The molecule has 1 aromatic carbocycles. The average molecular weight is 363 g/mol. The summed E-state index contributed by atoms with van der Waals surface area (Å²) in [6, 6.07) is 3.50. The summed E-state index contributed by atoms with van der Waals surface area (Å²) >= 11 is 3.39. The van der Waals surface area contributed by atoms with Crippen molar-refractivity contribution >= 4 is 26.0 Å². The fourth-order valence-electron chi connectivity index (χ4n) is 2.20. The molecule has 0 saturated heterocycles. The van der Waals surface area contributed by atoms with Gasteiger partial charge >= 0.3 is 0 Å². The Morgan fingerprint density at radius 1 is 1.35 bits per heavy atom. The Balaban J connectivity index is 3.25. The van der Waals surface area contributed by atoms with Crippen molar-refractivity contribution in [2.45, 2.75) is 57.5 Å². The third-order valence-corrected chi connectivity index (χ3v) is 5.82. The van der Waals surface area contributed by atoms with Gasteiger partial charge in [-0.15, -0.1) is 0 Å². The molecule has 4 nitrogen and oxygen atoms in total. The quantitative estimate of drug-likeness (QED) is 0.816. The summed E-state index contributed by atoms with van der Waals surface area (Å²) in [7, 11) is -3.56. The second-order valence-electron chi connectivity index (χ2n) is 5.64. The summed E-state index contributed by atoms with van der Waals surface area (Å²) in [4.78, 5) is 0.288. The Morgan fingerprint density at radius 3 is 2.45 bits per heavy atom. The van der Waals surface area contributed by atoms with Crippen molar-refractivity contribution in [3.8, 4) is 0 Å². The van der Waals surface area contributed by atoms with Gasteiger partial charge in [-0.3, -0.25) is 0 Å². The van der Waals surface area contributed by atoms with Crippen LogP contribution in [-0.2, 0) is 16.6 Å². The number of sulfonamides is 1. The highest BCUT2D eigenvalue weighted by Gasteiger charge is 2.27. The van der Waals surface area contributed by atoms with E-state index in [1.54, 1.807) is 13.0 Å². The van der Waals surface area contributed by atoms with Crippen LogP contribution in [0.15, 0.2) is 21.5 Å². The fourth-order valence-corrected chi connectivity index (χ4v) is 4.60. The van der Waals surface area contributed by atoms with Crippen LogP contribution < -0.4 is 10.5 Å². The Hall–Kier alpha value is -0.430. The lowest BCUT2D eigenvalue weighted by Crippen LogP contribution is -2.43. The Bertz CT molecular complexity index is 583. The van der Waals surface area contributed by atoms with Gasteiger partial charge in [0.15, 0.2) is 0 Å². The van der Waals surface area contributed by atoms with Gasteiger partial charge in [0.2, 0.25) is 10.0 Å². The van der Waals surface area contributed by atoms with Gasteiger partial charge in [0.1, 0.15) is 0 Å². The zero-order valence-electron chi connectivity index (χ0n) is 12.5. The lowest BCUT2D eigenvalue weighted by molar-refractivity contribution is 0.417. The lowest BCUT2D eigenvalue weighted by Gasteiger charge is -2.26. The third-order valence-electron chi connectivity index (χ3n) is 3.17. The van der Waals surface area contributed by atoms with E-state index in [2.05, 4.69) is 20.7 Å². The van der Waals surface area contributed by atoms with Crippen molar-refractivity contribution in [1.29, 1.82) is 0 Å². The molecule has 0 fully saturated rings. The summed E-state index contributed by atoms with van der Waals surface area (Å²) < 4.78 is 28.7. The van der Waals surface area contributed by atoms with Gasteiger partial charge in [-0.25, -0.2) is 13.1 Å². The Labute approximate surface area is 130 Å². The van der Waals surface area contributed by atoms with Crippen molar-refractivity contribution in [2.75, 3.05) is 0 Å². The largest absolute Gasteiger partial charge is 0.326 e. The van der Waals surface area contributed by atoms with Crippen LogP contribution in [-0.4, -0.2) is 14.0 Å². The molecule has 0 atom stereocenters. The summed E-state index contributed by atoms with van der Waals surface area (Å²) in [6.45, 7) is 7.91. The van der Waals surface area contributed by atoms with E-state index in [-0.39, 0.29) is 4.90 Å². The number of rotatable bonds is 6. The molecule has 0 aliphatic carbocycles.